The average Bonchev–Trinajstić information content (AvgIpc) is 2.54. The Bertz CT molecular complexity index is 616. The van der Waals surface area contributed by atoms with E-state index in [2.05, 4.69) is 5.32 Å². The van der Waals surface area contributed by atoms with Crippen LogP contribution < -0.4 is 15.8 Å². The Labute approximate surface area is 152 Å². The standard InChI is InChI=1S/C17H24F2N2O3.ClH/c1-4-23-14-10-17(20,16(14,2)3)15(22)21-7-8-24-11-5-6-12(18)13(19)9-11;/h5-6,9,14H,4,7-8,10,20H2,1-3H3,(H,21,22);1H. The first-order valence-corrected chi connectivity index (χ1v) is 7.99. The lowest BCUT2D eigenvalue weighted by atomic mass is 9.54. The molecule has 0 bridgehead atoms. The van der Waals surface area contributed by atoms with Crippen LogP contribution in [0.1, 0.15) is 27.2 Å². The average molecular weight is 379 g/mol. The summed E-state index contributed by atoms with van der Waals surface area (Å²) in [6.45, 7) is 6.65. The lowest BCUT2D eigenvalue weighted by molar-refractivity contribution is -0.170. The molecule has 0 aliphatic heterocycles. The minimum atomic E-state index is -0.991. The number of nitrogens with one attached hydrogen (secondary N) is 1. The molecule has 25 heavy (non-hydrogen) atoms. The third-order valence-corrected chi connectivity index (χ3v) is 4.78. The van der Waals surface area contributed by atoms with Crippen LogP contribution >= 0.6 is 12.4 Å². The van der Waals surface area contributed by atoms with E-state index in [9.17, 15) is 13.6 Å². The molecule has 142 valence electrons. The highest BCUT2D eigenvalue weighted by Crippen LogP contribution is 2.49. The molecule has 0 saturated heterocycles. The predicted octanol–water partition coefficient (Wildman–Crippen LogP) is 2.41. The van der Waals surface area contributed by atoms with Crippen LogP contribution in [0.3, 0.4) is 0 Å². The zero-order chi connectivity index (χ0) is 18.0. The van der Waals surface area contributed by atoms with E-state index in [0.29, 0.717) is 13.0 Å². The van der Waals surface area contributed by atoms with Gasteiger partial charge in [0.2, 0.25) is 5.91 Å². The molecule has 8 heteroatoms. The quantitative estimate of drug-likeness (QED) is 0.715. The van der Waals surface area contributed by atoms with Gasteiger partial charge in [-0.25, -0.2) is 8.78 Å². The van der Waals surface area contributed by atoms with Crippen LogP contribution in [-0.4, -0.2) is 37.3 Å². The predicted molar refractivity (Wildman–Crippen MR) is 92.8 cm³/mol. The van der Waals surface area contributed by atoms with E-state index < -0.39 is 22.6 Å². The van der Waals surface area contributed by atoms with E-state index in [-0.39, 0.29) is 43.3 Å². The van der Waals surface area contributed by atoms with E-state index >= 15 is 0 Å². The van der Waals surface area contributed by atoms with Crippen molar-refractivity contribution in [2.24, 2.45) is 11.1 Å². The molecule has 1 amide bonds. The van der Waals surface area contributed by atoms with Gasteiger partial charge < -0.3 is 20.5 Å². The number of halogens is 3. The third kappa shape index (κ3) is 4.22. The number of carbonyl (C=O) groups excluding carboxylic acids is 1. The fraction of sp³-hybridized carbons (Fsp3) is 0.588. The number of hydrogen-bond donors (Lipinski definition) is 2. The maximum Gasteiger partial charge on any atom is 0.240 e. The Hall–Kier alpha value is -1.44. The number of nitrogens with two attached hydrogens (primary N) is 1. The van der Waals surface area contributed by atoms with Crippen molar-refractivity contribution < 1.29 is 23.0 Å². The number of benzene rings is 1. The monoisotopic (exact) mass is 378 g/mol. The van der Waals surface area contributed by atoms with Crippen LogP contribution in [0.4, 0.5) is 8.78 Å². The molecule has 1 aliphatic carbocycles. The number of hydrogen-bond acceptors (Lipinski definition) is 4. The summed E-state index contributed by atoms with van der Waals surface area (Å²) >= 11 is 0. The van der Waals surface area contributed by atoms with Gasteiger partial charge in [-0.05, 0) is 19.1 Å². The van der Waals surface area contributed by atoms with Gasteiger partial charge >= 0.3 is 0 Å². The molecule has 0 heterocycles. The summed E-state index contributed by atoms with van der Waals surface area (Å²) in [6.07, 6.45) is 0.417. The molecule has 1 saturated carbocycles. The highest BCUT2D eigenvalue weighted by molar-refractivity contribution is 5.88. The topological polar surface area (TPSA) is 73.6 Å². The number of rotatable bonds is 7. The van der Waals surface area contributed by atoms with Crippen molar-refractivity contribution in [1.29, 1.82) is 0 Å². The van der Waals surface area contributed by atoms with Crippen molar-refractivity contribution in [3.63, 3.8) is 0 Å². The largest absolute Gasteiger partial charge is 0.492 e. The molecule has 0 radical (unpaired) electrons. The van der Waals surface area contributed by atoms with Gasteiger partial charge in [0.1, 0.15) is 17.9 Å². The smallest absolute Gasteiger partial charge is 0.240 e. The molecule has 1 fully saturated rings. The Morgan fingerprint density at radius 3 is 2.60 bits per heavy atom. The molecule has 2 rings (SSSR count). The molecule has 1 aromatic carbocycles. The molecule has 1 aromatic rings. The highest BCUT2D eigenvalue weighted by atomic mass is 35.5. The van der Waals surface area contributed by atoms with Crippen molar-refractivity contribution in [2.45, 2.75) is 38.8 Å². The van der Waals surface area contributed by atoms with E-state index in [1.54, 1.807) is 0 Å². The highest BCUT2D eigenvalue weighted by Gasteiger charge is 2.62. The van der Waals surface area contributed by atoms with E-state index in [1.807, 2.05) is 20.8 Å². The number of amides is 1. The molecule has 1 aliphatic rings. The van der Waals surface area contributed by atoms with Gasteiger partial charge in [0.05, 0.1) is 12.6 Å². The first-order valence-electron chi connectivity index (χ1n) is 7.99. The van der Waals surface area contributed by atoms with Gasteiger partial charge in [-0.2, -0.15) is 0 Å². The molecule has 0 aromatic heterocycles. The maximum absolute atomic E-state index is 13.1. The Morgan fingerprint density at radius 2 is 2.04 bits per heavy atom. The summed E-state index contributed by atoms with van der Waals surface area (Å²) in [5.74, 6) is -1.98. The van der Waals surface area contributed by atoms with Crippen molar-refractivity contribution in [2.75, 3.05) is 19.8 Å². The molecular formula is C17H25ClF2N2O3. The molecule has 2 unspecified atom stereocenters. The van der Waals surface area contributed by atoms with Crippen LogP contribution in [0.2, 0.25) is 0 Å². The molecular weight excluding hydrogens is 354 g/mol. The lowest BCUT2D eigenvalue weighted by Crippen LogP contribution is -2.75. The summed E-state index contributed by atoms with van der Waals surface area (Å²) in [4.78, 5) is 12.4. The lowest BCUT2D eigenvalue weighted by Gasteiger charge is -2.57. The van der Waals surface area contributed by atoms with Gasteiger partial charge in [0.15, 0.2) is 11.6 Å². The number of ether oxygens (including phenoxy) is 2. The molecule has 5 nitrogen and oxygen atoms in total. The third-order valence-electron chi connectivity index (χ3n) is 4.78. The van der Waals surface area contributed by atoms with Gasteiger partial charge in [0.25, 0.3) is 0 Å². The summed E-state index contributed by atoms with van der Waals surface area (Å²) < 4.78 is 36.7. The van der Waals surface area contributed by atoms with Crippen LogP contribution in [0.5, 0.6) is 5.75 Å². The summed E-state index contributed by atoms with van der Waals surface area (Å²) in [6, 6.07) is 3.28. The van der Waals surface area contributed by atoms with E-state index in [0.717, 1.165) is 12.1 Å². The second-order valence-electron chi connectivity index (χ2n) is 6.52. The van der Waals surface area contributed by atoms with Crippen LogP contribution in [0.25, 0.3) is 0 Å². The van der Waals surface area contributed by atoms with E-state index in [1.165, 1.54) is 6.07 Å². The normalized spacial score (nSPS) is 24.0. The molecule has 2 atom stereocenters. The zero-order valence-electron chi connectivity index (χ0n) is 14.6. The van der Waals surface area contributed by atoms with Crippen molar-refractivity contribution in [3.8, 4) is 5.75 Å². The fourth-order valence-electron chi connectivity index (χ4n) is 2.88. The maximum atomic E-state index is 13.1. The van der Waals surface area contributed by atoms with Crippen molar-refractivity contribution in [3.05, 3.63) is 29.8 Å². The zero-order valence-corrected chi connectivity index (χ0v) is 15.4. The Kier molecular flexibility index (Phi) is 7.17. The SMILES string of the molecule is CCOC1CC(N)(C(=O)NCCOc2ccc(F)c(F)c2)C1(C)C.Cl. The summed E-state index contributed by atoms with van der Waals surface area (Å²) in [7, 11) is 0. The van der Waals surface area contributed by atoms with Gasteiger partial charge in [-0.1, -0.05) is 13.8 Å². The van der Waals surface area contributed by atoms with Crippen LogP contribution in [0.15, 0.2) is 18.2 Å². The van der Waals surface area contributed by atoms with Gasteiger partial charge in [0, 0.05) is 24.5 Å². The van der Waals surface area contributed by atoms with Gasteiger partial charge in [-0.15, -0.1) is 12.4 Å². The summed E-state index contributed by atoms with van der Waals surface area (Å²) in [5, 5.41) is 2.73. The molecule has 0 spiro atoms. The van der Waals surface area contributed by atoms with E-state index in [4.69, 9.17) is 15.2 Å². The Balaban J connectivity index is 0.00000312. The van der Waals surface area contributed by atoms with Crippen LogP contribution in [0, 0.1) is 17.0 Å². The second-order valence-corrected chi connectivity index (χ2v) is 6.52. The van der Waals surface area contributed by atoms with Crippen molar-refractivity contribution >= 4 is 18.3 Å². The number of carbonyl (C=O) groups is 1. The summed E-state index contributed by atoms with van der Waals surface area (Å²) in [5.41, 5.74) is 4.80. The second kappa shape index (κ2) is 8.29. The van der Waals surface area contributed by atoms with Crippen LogP contribution in [-0.2, 0) is 9.53 Å². The van der Waals surface area contributed by atoms with Crippen molar-refractivity contribution in [1.82, 2.24) is 5.32 Å². The minimum Gasteiger partial charge on any atom is -0.492 e. The minimum absolute atomic E-state index is 0. The first-order chi connectivity index (χ1) is 11.2. The first kappa shape index (κ1) is 21.6. The fourth-order valence-corrected chi connectivity index (χ4v) is 2.88. The Morgan fingerprint density at radius 1 is 1.36 bits per heavy atom. The molecule has 3 N–H and O–H groups in total. The van der Waals surface area contributed by atoms with Gasteiger partial charge in [-0.3, -0.25) is 4.79 Å².